The lowest BCUT2D eigenvalue weighted by atomic mass is 9.98. The van der Waals surface area contributed by atoms with Crippen LogP contribution in [0.15, 0.2) is 41.6 Å². The number of methoxy groups -OCH3 is 1. The zero-order valence-corrected chi connectivity index (χ0v) is 22.1. The summed E-state index contributed by atoms with van der Waals surface area (Å²) in [6.07, 6.45) is 7.84. The van der Waals surface area contributed by atoms with Crippen LogP contribution in [0.5, 0.6) is 5.75 Å². The fourth-order valence-electron chi connectivity index (χ4n) is 5.68. The largest absolute Gasteiger partial charge is 0.497 e. The second-order valence-corrected chi connectivity index (χ2v) is 11.5. The van der Waals surface area contributed by atoms with Gasteiger partial charge in [0.25, 0.3) is 0 Å². The summed E-state index contributed by atoms with van der Waals surface area (Å²) in [5.41, 5.74) is 4.67. The van der Waals surface area contributed by atoms with Gasteiger partial charge >= 0.3 is 0 Å². The van der Waals surface area contributed by atoms with Gasteiger partial charge in [-0.1, -0.05) is 6.42 Å². The molecular formula is C27H34N5O3S. The van der Waals surface area contributed by atoms with Gasteiger partial charge in [-0.05, 0) is 80.5 Å². The molecule has 1 aromatic carbocycles. The smallest absolute Gasteiger partial charge is 0.244 e. The number of piperidine rings is 1. The Bertz CT molecular complexity index is 1310. The molecule has 0 bridgehead atoms. The summed E-state index contributed by atoms with van der Waals surface area (Å²) < 4.78 is 37.8. The fourth-order valence-corrected chi connectivity index (χ4v) is 7.75. The average Bonchev–Trinajstić information content (AvgIpc) is 3.25. The highest BCUT2D eigenvalue weighted by atomic mass is 32.2. The van der Waals surface area contributed by atoms with Crippen molar-refractivity contribution in [2.75, 3.05) is 20.2 Å². The number of hydrogen-bond donors (Lipinski definition) is 0. The number of hydrogen-bond acceptors (Lipinski definition) is 5. The third-order valence-corrected chi connectivity index (χ3v) is 9.52. The van der Waals surface area contributed by atoms with Crippen LogP contribution in [-0.4, -0.2) is 47.5 Å². The van der Waals surface area contributed by atoms with Crippen molar-refractivity contribution in [3.63, 3.8) is 0 Å². The summed E-state index contributed by atoms with van der Waals surface area (Å²) in [4.78, 5) is 9.52. The van der Waals surface area contributed by atoms with Crippen LogP contribution in [-0.2, 0) is 36.0 Å². The molecule has 3 aromatic rings. The van der Waals surface area contributed by atoms with E-state index >= 15 is 0 Å². The van der Waals surface area contributed by atoms with Crippen molar-refractivity contribution >= 4 is 10.0 Å². The number of sulfonamides is 1. The van der Waals surface area contributed by atoms with Gasteiger partial charge in [0.05, 0.1) is 36.0 Å². The topological polar surface area (TPSA) is 91.4 Å². The van der Waals surface area contributed by atoms with Crippen molar-refractivity contribution in [2.24, 2.45) is 0 Å². The number of aromatic nitrogens is 3. The first-order chi connectivity index (χ1) is 17.4. The summed E-state index contributed by atoms with van der Waals surface area (Å²) >= 11 is 0. The molecule has 2 aliphatic rings. The molecule has 2 aromatic heterocycles. The summed E-state index contributed by atoms with van der Waals surface area (Å²) in [6.45, 7) is 6.27. The molecular weight excluding hydrogens is 474 g/mol. The van der Waals surface area contributed by atoms with Crippen LogP contribution in [0, 0.1) is 13.8 Å². The van der Waals surface area contributed by atoms with Crippen molar-refractivity contribution in [2.45, 2.75) is 70.0 Å². The van der Waals surface area contributed by atoms with E-state index in [1.807, 2.05) is 38.4 Å². The zero-order chi connectivity index (χ0) is 25.3. The first kappa shape index (κ1) is 24.9. The number of rotatable bonds is 7. The Morgan fingerprint density at radius 2 is 1.81 bits per heavy atom. The second kappa shape index (κ2) is 10.3. The highest BCUT2D eigenvalue weighted by Crippen LogP contribution is 2.40. The van der Waals surface area contributed by atoms with Crippen LogP contribution in [0.1, 0.15) is 59.2 Å². The molecule has 1 radical (unpaired) electrons. The number of benzene rings is 1. The molecule has 1 saturated heterocycles. The van der Waals surface area contributed by atoms with Crippen LogP contribution in [0.2, 0.25) is 0 Å². The van der Waals surface area contributed by atoms with E-state index in [4.69, 9.17) is 9.72 Å². The lowest BCUT2D eigenvalue weighted by molar-refractivity contribution is 0.242. The Balaban J connectivity index is 1.56. The first-order valence-electron chi connectivity index (χ1n) is 12.7. The standard InChI is InChI=1S/C27H34N5O3S/c1-19-16-22(35-3)17-20(2)27(19)36(33,34)32-14-5-4-6-24(32)26-23(8-7-21-9-11-28-12-10-21)30-25-18-29-13-15-31(25)26/h9-12,16-17,24H,4-8,13-15,18H2,1-3H3. The molecule has 191 valence electrons. The Morgan fingerprint density at radius 1 is 1.06 bits per heavy atom. The van der Waals surface area contributed by atoms with E-state index in [9.17, 15) is 8.42 Å². The molecule has 1 fully saturated rings. The molecule has 36 heavy (non-hydrogen) atoms. The zero-order valence-electron chi connectivity index (χ0n) is 21.3. The molecule has 1 atom stereocenters. The average molecular weight is 509 g/mol. The Labute approximate surface area is 213 Å². The van der Waals surface area contributed by atoms with Crippen LogP contribution in [0.3, 0.4) is 0 Å². The first-order valence-corrected chi connectivity index (χ1v) is 14.1. The van der Waals surface area contributed by atoms with Crippen LogP contribution < -0.4 is 10.1 Å². The molecule has 0 spiro atoms. The van der Waals surface area contributed by atoms with E-state index in [1.165, 1.54) is 5.56 Å². The van der Waals surface area contributed by atoms with E-state index in [-0.39, 0.29) is 6.04 Å². The molecule has 0 amide bonds. The number of nitrogens with zero attached hydrogens (tertiary/aromatic N) is 5. The third kappa shape index (κ3) is 4.67. The van der Waals surface area contributed by atoms with Gasteiger partial charge in [0.2, 0.25) is 10.0 Å². The SMILES string of the molecule is COc1cc(C)c(S(=O)(=O)N2CCCCC2c2c(CCc3ccncc3)nc3n2CC[N]C3)c(C)c1. The molecule has 5 rings (SSSR count). The molecule has 0 N–H and O–H groups in total. The molecule has 4 heterocycles. The quantitative estimate of drug-likeness (QED) is 0.485. The highest BCUT2D eigenvalue weighted by Gasteiger charge is 2.39. The third-order valence-electron chi connectivity index (χ3n) is 7.30. The summed E-state index contributed by atoms with van der Waals surface area (Å²) in [5.74, 6) is 1.62. The Kier molecular flexibility index (Phi) is 7.14. The summed E-state index contributed by atoms with van der Waals surface area (Å²) in [5, 5.41) is 4.56. The Hall–Kier alpha value is -2.75. The maximum absolute atomic E-state index is 14.2. The van der Waals surface area contributed by atoms with Crippen molar-refractivity contribution in [1.29, 1.82) is 0 Å². The molecule has 2 aliphatic heterocycles. The summed E-state index contributed by atoms with van der Waals surface area (Å²) in [6, 6.07) is 7.42. The van der Waals surface area contributed by atoms with E-state index in [0.717, 1.165) is 62.4 Å². The number of ether oxygens (including phenoxy) is 1. The van der Waals surface area contributed by atoms with Gasteiger partial charge in [0, 0.05) is 32.0 Å². The van der Waals surface area contributed by atoms with Gasteiger partial charge in [-0.3, -0.25) is 4.98 Å². The van der Waals surface area contributed by atoms with Crippen LogP contribution in [0.25, 0.3) is 0 Å². The normalized spacial score (nSPS) is 18.7. The number of pyridine rings is 1. The highest BCUT2D eigenvalue weighted by molar-refractivity contribution is 7.89. The maximum atomic E-state index is 14.2. The van der Waals surface area contributed by atoms with Gasteiger partial charge in [0.15, 0.2) is 0 Å². The molecule has 8 nitrogen and oxygen atoms in total. The minimum Gasteiger partial charge on any atom is -0.497 e. The number of fused-ring (bicyclic) bond motifs is 1. The van der Waals surface area contributed by atoms with Gasteiger partial charge < -0.3 is 9.30 Å². The monoisotopic (exact) mass is 508 g/mol. The van der Waals surface area contributed by atoms with Gasteiger partial charge in [-0.2, -0.15) is 4.31 Å². The van der Waals surface area contributed by atoms with Gasteiger partial charge in [0.1, 0.15) is 11.6 Å². The van der Waals surface area contributed by atoms with Crippen LogP contribution in [0.4, 0.5) is 0 Å². The predicted octanol–water partition coefficient (Wildman–Crippen LogP) is 3.72. The number of aryl methyl sites for hydroxylation is 4. The summed E-state index contributed by atoms with van der Waals surface area (Å²) in [7, 11) is -2.13. The van der Waals surface area contributed by atoms with Crippen molar-refractivity contribution in [1.82, 2.24) is 24.2 Å². The Morgan fingerprint density at radius 3 is 2.53 bits per heavy atom. The fraction of sp³-hybridized carbons (Fsp3) is 0.481. The van der Waals surface area contributed by atoms with E-state index < -0.39 is 10.0 Å². The molecule has 1 unspecified atom stereocenters. The van der Waals surface area contributed by atoms with Crippen molar-refractivity contribution < 1.29 is 13.2 Å². The lowest BCUT2D eigenvalue weighted by Gasteiger charge is -2.36. The van der Waals surface area contributed by atoms with Crippen molar-refractivity contribution in [3.05, 3.63) is 70.6 Å². The predicted molar refractivity (Wildman–Crippen MR) is 138 cm³/mol. The minimum absolute atomic E-state index is 0.239. The van der Waals surface area contributed by atoms with Gasteiger partial charge in [-0.15, -0.1) is 0 Å². The van der Waals surface area contributed by atoms with Crippen LogP contribution >= 0.6 is 0 Å². The second-order valence-electron chi connectivity index (χ2n) is 9.69. The van der Waals surface area contributed by atoms with E-state index in [1.54, 1.807) is 23.5 Å². The minimum atomic E-state index is -3.73. The number of imidazole rings is 1. The maximum Gasteiger partial charge on any atom is 0.244 e. The van der Waals surface area contributed by atoms with E-state index in [0.29, 0.717) is 34.9 Å². The van der Waals surface area contributed by atoms with E-state index in [2.05, 4.69) is 14.9 Å². The lowest BCUT2D eigenvalue weighted by Crippen LogP contribution is -2.40. The molecule has 9 heteroatoms. The molecule has 0 aliphatic carbocycles. The molecule has 0 saturated carbocycles. The van der Waals surface area contributed by atoms with Gasteiger partial charge in [-0.25, -0.2) is 18.7 Å². The van der Waals surface area contributed by atoms with Crippen molar-refractivity contribution in [3.8, 4) is 5.75 Å².